The number of halogens is 2. The summed E-state index contributed by atoms with van der Waals surface area (Å²) in [5.74, 6) is -1.25. The molecular weight excluding hydrogens is 663 g/mol. The molecule has 1 N–H and O–H groups in total. The lowest BCUT2D eigenvalue weighted by atomic mass is 10.0. The monoisotopic (exact) mass is 696 g/mol. The largest absolute Gasteiger partial charge is 0.350 e. The summed E-state index contributed by atoms with van der Waals surface area (Å²) in [4.78, 5) is 40.7. The van der Waals surface area contributed by atoms with Crippen molar-refractivity contribution < 1.29 is 22.9 Å². The molecule has 47 heavy (non-hydrogen) atoms. The van der Waals surface area contributed by atoms with E-state index in [1.54, 1.807) is 45.0 Å². The van der Waals surface area contributed by atoms with E-state index in [-0.39, 0.29) is 39.3 Å². The second-order valence-electron chi connectivity index (χ2n) is 11.8. The number of carbonyl (C=O) groups is 2. The fraction of sp³-hybridized carbons (Fsp3) is 0.235. The molecule has 0 aliphatic rings. The second-order valence-corrected chi connectivity index (χ2v) is 14.4. The molecule has 0 radical (unpaired) electrons. The van der Waals surface area contributed by atoms with E-state index in [2.05, 4.69) is 5.32 Å². The smallest absolute Gasteiger partial charge is 0.271 e. The Balaban J connectivity index is 1.87. The Bertz CT molecular complexity index is 1830. The van der Waals surface area contributed by atoms with Crippen LogP contribution in [0, 0.1) is 10.1 Å². The predicted octanol–water partition coefficient (Wildman–Crippen LogP) is 6.65. The van der Waals surface area contributed by atoms with Crippen LogP contribution in [0.25, 0.3) is 0 Å². The van der Waals surface area contributed by atoms with Crippen LogP contribution in [0.3, 0.4) is 0 Å². The number of carbonyl (C=O) groups excluding carboxylic acids is 2. The zero-order valence-corrected chi connectivity index (χ0v) is 28.3. The van der Waals surface area contributed by atoms with Crippen LogP contribution >= 0.6 is 23.2 Å². The minimum Gasteiger partial charge on any atom is -0.350 e. The first-order valence-electron chi connectivity index (χ1n) is 14.6. The Hall–Kier alpha value is -4.45. The van der Waals surface area contributed by atoms with Crippen molar-refractivity contribution in [1.29, 1.82) is 0 Å². The third-order valence-corrected chi connectivity index (χ3v) is 9.59. The van der Waals surface area contributed by atoms with E-state index >= 15 is 0 Å². The maximum atomic E-state index is 14.6. The SMILES string of the molecule is CC(C)(C)NC(=O)[C@H](Cc1ccccc1)N(Cc1c(Cl)cccc1Cl)C(=O)CN(c1cccc([N+](=O)[O-])c1)S(=O)(=O)c1ccccc1. The number of nitrogens with zero attached hydrogens (tertiary/aromatic N) is 3. The van der Waals surface area contributed by atoms with Crippen molar-refractivity contribution in [2.45, 2.75) is 50.2 Å². The maximum absolute atomic E-state index is 14.6. The Morgan fingerprint density at radius 1 is 0.872 bits per heavy atom. The number of hydrogen-bond acceptors (Lipinski definition) is 6. The zero-order valence-electron chi connectivity index (χ0n) is 26.0. The quantitative estimate of drug-likeness (QED) is 0.130. The molecule has 2 amide bonds. The first kappa shape index (κ1) is 35.4. The fourth-order valence-corrected chi connectivity index (χ4v) is 6.81. The highest BCUT2D eigenvalue weighted by atomic mass is 35.5. The van der Waals surface area contributed by atoms with Crippen molar-refractivity contribution in [2.24, 2.45) is 0 Å². The van der Waals surface area contributed by atoms with Crippen LogP contribution in [0.4, 0.5) is 11.4 Å². The van der Waals surface area contributed by atoms with E-state index in [1.807, 2.05) is 30.3 Å². The molecule has 4 rings (SSSR count). The number of benzene rings is 4. The summed E-state index contributed by atoms with van der Waals surface area (Å²) in [6.45, 7) is 4.38. The summed E-state index contributed by atoms with van der Waals surface area (Å²) >= 11 is 13.1. The number of nitro groups is 1. The second kappa shape index (κ2) is 15.0. The van der Waals surface area contributed by atoms with Gasteiger partial charge in [-0.1, -0.05) is 83.9 Å². The third kappa shape index (κ3) is 9.09. The Kier molecular flexibility index (Phi) is 11.3. The van der Waals surface area contributed by atoms with E-state index in [0.29, 0.717) is 5.56 Å². The molecule has 10 nitrogen and oxygen atoms in total. The minimum absolute atomic E-state index is 0.0822. The lowest BCUT2D eigenvalue weighted by Gasteiger charge is -2.35. The number of anilines is 1. The van der Waals surface area contributed by atoms with Gasteiger partial charge >= 0.3 is 0 Å². The van der Waals surface area contributed by atoms with Crippen LogP contribution in [0.1, 0.15) is 31.9 Å². The summed E-state index contributed by atoms with van der Waals surface area (Å²) in [6, 6.07) is 25.2. The van der Waals surface area contributed by atoms with Gasteiger partial charge in [0.05, 0.1) is 15.5 Å². The van der Waals surface area contributed by atoms with Gasteiger partial charge in [0.25, 0.3) is 15.7 Å². The van der Waals surface area contributed by atoms with Gasteiger partial charge in [0.2, 0.25) is 11.8 Å². The molecule has 0 aromatic heterocycles. The first-order valence-corrected chi connectivity index (χ1v) is 16.8. The van der Waals surface area contributed by atoms with Crippen LogP contribution < -0.4 is 9.62 Å². The van der Waals surface area contributed by atoms with Crippen molar-refractivity contribution in [2.75, 3.05) is 10.8 Å². The molecule has 0 saturated heterocycles. The number of amides is 2. The van der Waals surface area contributed by atoms with Crippen LogP contribution in [0.15, 0.2) is 108 Å². The van der Waals surface area contributed by atoms with E-state index in [1.165, 1.54) is 47.4 Å². The van der Waals surface area contributed by atoms with Gasteiger partial charge < -0.3 is 10.2 Å². The molecule has 0 aliphatic carbocycles. The topological polar surface area (TPSA) is 130 Å². The number of nitrogens with one attached hydrogen (secondary N) is 1. The van der Waals surface area contributed by atoms with Crippen molar-refractivity contribution >= 4 is 56.4 Å². The normalized spacial score (nSPS) is 12.2. The molecule has 246 valence electrons. The molecule has 0 aliphatic heterocycles. The van der Waals surface area contributed by atoms with Gasteiger partial charge in [-0.3, -0.25) is 24.0 Å². The summed E-state index contributed by atoms with van der Waals surface area (Å²) in [5, 5.41) is 15.1. The third-order valence-electron chi connectivity index (χ3n) is 7.10. The molecule has 0 fully saturated rings. The maximum Gasteiger partial charge on any atom is 0.271 e. The average Bonchev–Trinajstić information content (AvgIpc) is 3.02. The van der Waals surface area contributed by atoms with Gasteiger partial charge in [-0.15, -0.1) is 0 Å². The molecule has 1 atom stereocenters. The zero-order chi connectivity index (χ0) is 34.4. The highest BCUT2D eigenvalue weighted by molar-refractivity contribution is 7.92. The van der Waals surface area contributed by atoms with Crippen LogP contribution in [-0.2, 0) is 32.6 Å². The van der Waals surface area contributed by atoms with Gasteiger partial charge in [0.1, 0.15) is 12.6 Å². The van der Waals surface area contributed by atoms with E-state index in [0.717, 1.165) is 15.9 Å². The average molecular weight is 698 g/mol. The predicted molar refractivity (Wildman–Crippen MR) is 183 cm³/mol. The van der Waals surface area contributed by atoms with Gasteiger partial charge in [-0.05, 0) is 56.7 Å². The van der Waals surface area contributed by atoms with Gasteiger partial charge in [0, 0.05) is 46.2 Å². The van der Waals surface area contributed by atoms with Crippen molar-refractivity contribution in [3.05, 3.63) is 134 Å². The standard InChI is InChI=1S/C34H34Cl2N4O6S/c1-34(2,3)37-33(42)31(20-24-12-6-4-7-13-24)38(22-28-29(35)18-11-19-30(28)36)32(41)23-39(25-14-10-15-26(21-25)40(43)44)47(45,46)27-16-8-5-9-17-27/h4-19,21,31H,20,22-23H2,1-3H3,(H,37,42)/t31-/m0/s1. The molecule has 0 bridgehead atoms. The van der Waals surface area contributed by atoms with Gasteiger partial charge in [-0.2, -0.15) is 0 Å². The molecule has 0 heterocycles. The van der Waals surface area contributed by atoms with Crippen molar-refractivity contribution in [3.63, 3.8) is 0 Å². The van der Waals surface area contributed by atoms with Crippen LogP contribution in [0.2, 0.25) is 10.0 Å². The molecular formula is C34H34Cl2N4O6S. The molecule has 0 spiro atoms. The van der Waals surface area contributed by atoms with Crippen molar-refractivity contribution in [3.8, 4) is 0 Å². The number of nitro benzene ring substituents is 1. The minimum atomic E-state index is -4.44. The molecule has 4 aromatic rings. The van der Waals surface area contributed by atoms with Crippen molar-refractivity contribution in [1.82, 2.24) is 10.2 Å². The van der Waals surface area contributed by atoms with E-state index < -0.39 is 44.9 Å². The summed E-state index contributed by atoms with van der Waals surface area (Å²) in [7, 11) is -4.44. The summed E-state index contributed by atoms with van der Waals surface area (Å²) < 4.78 is 29.0. The lowest BCUT2D eigenvalue weighted by molar-refractivity contribution is -0.384. The molecule has 0 saturated carbocycles. The van der Waals surface area contributed by atoms with Gasteiger partial charge in [0.15, 0.2) is 0 Å². The van der Waals surface area contributed by atoms with Crippen LogP contribution in [-0.4, -0.2) is 48.2 Å². The number of non-ortho nitro benzene ring substituents is 1. The molecule has 4 aromatic carbocycles. The van der Waals surface area contributed by atoms with E-state index in [4.69, 9.17) is 23.2 Å². The summed E-state index contributed by atoms with van der Waals surface area (Å²) in [5.41, 5.74) is -0.0370. The van der Waals surface area contributed by atoms with Crippen LogP contribution in [0.5, 0.6) is 0 Å². The number of rotatable bonds is 12. The summed E-state index contributed by atoms with van der Waals surface area (Å²) in [6.07, 6.45) is 0.0822. The fourth-order valence-electron chi connectivity index (χ4n) is 4.87. The number of sulfonamides is 1. The number of hydrogen-bond donors (Lipinski definition) is 1. The lowest BCUT2D eigenvalue weighted by Crippen LogP contribution is -2.56. The Morgan fingerprint density at radius 2 is 1.45 bits per heavy atom. The van der Waals surface area contributed by atoms with E-state index in [9.17, 15) is 28.1 Å². The first-order chi connectivity index (χ1) is 22.2. The van der Waals surface area contributed by atoms with Gasteiger partial charge in [-0.25, -0.2) is 8.42 Å². The Morgan fingerprint density at radius 3 is 2.02 bits per heavy atom. The highest BCUT2D eigenvalue weighted by Gasteiger charge is 2.36. The molecule has 0 unspecified atom stereocenters. The molecule has 13 heteroatoms. The Labute approximate surface area is 284 Å². The highest BCUT2D eigenvalue weighted by Crippen LogP contribution is 2.30.